The normalized spacial score (nSPS) is 28.0. The monoisotopic (exact) mass is 1160 g/mol. The molecule has 0 amide bonds. The summed E-state index contributed by atoms with van der Waals surface area (Å²) in [7, 11) is 0. The fraction of sp³-hybridized carbons (Fsp3) is 0.440. The number of hydrogen-bond acceptors (Lipinski definition) is 11. The molecular weight excluding hydrogens is 1070 g/mol. The largest absolute Gasteiger partial charge is 0.511 e. The Morgan fingerprint density at radius 3 is 2.14 bits per heavy atom. The van der Waals surface area contributed by atoms with E-state index < -0.39 is 16.6 Å². The number of carbonyl (C=O) groups is 3. The van der Waals surface area contributed by atoms with Crippen LogP contribution in [0.25, 0.3) is 0 Å². The number of aliphatic hydroxyl groups is 1. The molecule has 9 rings (SSSR count). The molecule has 6 aliphatic heterocycles. The van der Waals surface area contributed by atoms with Gasteiger partial charge in [0, 0.05) is 95.4 Å². The first-order valence-corrected chi connectivity index (χ1v) is 30.7. The van der Waals surface area contributed by atoms with E-state index in [1.165, 1.54) is 12.5 Å². The number of carbonyl (C=O) groups excluding carboxylic acids is 3. The Bertz CT molecular complexity index is 3700. The first-order valence-electron chi connectivity index (χ1n) is 30.7. The van der Waals surface area contributed by atoms with E-state index in [1.807, 2.05) is 82.4 Å². The SMILES string of the molecule is C=CC1=C(C)C2=NC1=CC1=NC(=CC3=C(C)C4=C(O)CC(=C5NC(=C2)C(C)C5CCC(=O)O[C@H]2CC(C)(C)[C@]5(CC(=O)/C(C)=C/C=C/C(C)=C/C=C/C=C(C)/C=C/C=C(\C)C#CC6=C(C)C[C@@H](OC(C)=O)CC6(C)C)O[C@]5(C)C2)C4=N3)C(CC)=C1C. The predicted molar refractivity (Wildman–Crippen MR) is 348 cm³/mol. The zero-order valence-corrected chi connectivity index (χ0v) is 53.7. The molecule has 86 heavy (non-hydrogen) atoms. The van der Waals surface area contributed by atoms with Crippen molar-refractivity contribution in [3.63, 3.8) is 0 Å². The lowest BCUT2D eigenvalue weighted by molar-refractivity contribution is -0.153. The molecule has 2 N–H and O–H groups in total. The Morgan fingerprint density at radius 2 is 1.49 bits per heavy atom. The highest BCUT2D eigenvalue weighted by molar-refractivity contribution is 6.21. The zero-order chi connectivity index (χ0) is 62.4. The molecule has 11 nitrogen and oxygen atoms in total. The molecule has 0 spiro atoms. The minimum absolute atomic E-state index is 0.0201. The number of aliphatic imine (C=N–C) groups is 3. The van der Waals surface area contributed by atoms with Crippen LogP contribution in [-0.2, 0) is 28.6 Å². The number of hydrogen-bond donors (Lipinski definition) is 2. The summed E-state index contributed by atoms with van der Waals surface area (Å²) in [5.41, 5.74) is 17.9. The predicted octanol–water partition coefficient (Wildman–Crippen LogP) is 16.4. The van der Waals surface area contributed by atoms with E-state index in [0.29, 0.717) is 43.4 Å². The molecule has 0 aromatic rings. The minimum Gasteiger partial charge on any atom is -0.511 e. The highest BCUT2D eigenvalue weighted by Crippen LogP contribution is 2.67. The van der Waals surface area contributed by atoms with Gasteiger partial charge in [0.25, 0.3) is 0 Å². The van der Waals surface area contributed by atoms with Crippen LogP contribution in [0, 0.1) is 34.5 Å². The molecule has 6 atom stereocenters. The van der Waals surface area contributed by atoms with E-state index >= 15 is 0 Å². The van der Waals surface area contributed by atoms with Crippen molar-refractivity contribution in [3.8, 4) is 11.8 Å². The van der Waals surface area contributed by atoms with Gasteiger partial charge >= 0.3 is 11.9 Å². The van der Waals surface area contributed by atoms with Crippen LogP contribution in [0.2, 0.25) is 0 Å². The maximum atomic E-state index is 14.1. The van der Waals surface area contributed by atoms with E-state index in [9.17, 15) is 19.5 Å². The summed E-state index contributed by atoms with van der Waals surface area (Å²) in [5.74, 6) is 6.43. The summed E-state index contributed by atoms with van der Waals surface area (Å²) in [6.07, 6.45) is 32.3. The number of fused-ring (bicyclic) bond motifs is 6. The number of epoxide rings is 1. The number of nitrogens with zero attached hydrogens (tertiary/aromatic N) is 3. The third-order valence-electron chi connectivity index (χ3n) is 19.1. The van der Waals surface area contributed by atoms with Gasteiger partial charge in [-0.05, 0) is 140 Å². The van der Waals surface area contributed by atoms with Crippen LogP contribution < -0.4 is 5.32 Å². The molecule has 2 saturated heterocycles. The van der Waals surface area contributed by atoms with E-state index in [0.717, 1.165) is 120 Å². The van der Waals surface area contributed by atoms with Gasteiger partial charge in [-0.25, -0.2) is 15.0 Å². The summed E-state index contributed by atoms with van der Waals surface area (Å²) in [5, 5.41) is 15.4. The van der Waals surface area contributed by atoms with Gasteiger partial charge in [-0.3, -0.25) is 14.4 Å². The van der Waals surface area contributed by atoms with Crippen molar-refractivity contribution in [2.24, 2.45) is 37.6 Å². The molecule has 11 heteroatoms. The molecular formula is C75H88N4O7. The number of esters is 2. The third kappa shape index (κ3) is 12.6. The quantitative estimate of drug-likeness (QED) is 0.0510. The Labute approximate surface area is 511 Å². The number of Topliss-reactive ketones (excluding diaryl/α,β-unsaturated/α-hetero) is 1. The maximum absolute atomic E-state index is 14.1. The molecule has 9 aliphatic rings. The summed E-state index contributed by atoms with van der Waals surface area (Å²) >= 11 is 0. The smallest absolute Gasteiger partial charge is 0.306 e. The van der Waals surface area contributed by atoms with Gasteiger partial charge in [-0.15, -0.1) is 0 Å². The zero-order valence-electron chi connectivity index (χ0n) is 53.7. The Balaban J connectivity index is 0.804. The Hall–Kier alpha value is -7.68. The van der Waals surface area contributed by atoms with Crippen molar-refractivity contribution in [2.75, 3.05) is 0 Å². The lowest BCUT2D eigenvalue weighted by atomic mass is 9.61. The number of ether oxygens (including phenoxy) is 3. The van der Waals surface area contributed by atoms with Crippen LogP contribution >= 0.6 is 0 Å². The van der Waals surface area contributed by atoms with Crippen LogP contribution in [0.3, 0.4) is 0 Å². The van der Waals surface area contributed by atoms with E-state index in [-0.39, 0.29) is 60.0 Å². The van der Waals surface area contributed by atoms with E-state index in [1.54, 1.807) is 0 Å². The van der Waals surface area contributed by atoms with Crippen LogP contribution in [0.4, 0.5) is 0 Å². The molecule has 450 valence electrons. The second-order valence-corrected chi connectivity index (χ2v) is 26.5. The molecule has 8 bridgehead atoms. The number of rotatable bonds is 16. The Kier molecular flexibility index (Phi) is 18.0. The van der Waals surface area contributed by atoms with E-state index in [4.69, 9.17) is 29.2 Å². The van der Waals surface area contributed by atoms with Crippen LogP contribution in [0.1, 0.15) is 169 Å². The third-order valence-corrected chi connectivity index (χ3v) is 19.1. The number of allylic oxidation sites excluding steroid dienone is 27. The van der Waals surface area contributed by atoms with Gasteiger partial charge in [-0.2, -0.15) is 0 Å². The lowest BCUT2D eigenvalue weighted by Crippen LogP contribution is -2.49. The van der Waals surface area contributed by atoms with E-state index in [2.05, 4.69) is 130 Å². The number of nitrogens with one attached hydrogen (secondary N) is 1. The fourth-order valence-electron chi connectivity index (χ4n) is 14.3. The summed E-state index contributed by atoms with van der Waals surface area (Å²) < 4.78 is 18.5. The molecule has 6 heterocycles. The second-order valence-electron chi connectivity index (χ2n) is 26.5. The number of ketones is 1. The van der Waals surface area contributed by atoms with Crippen molar-refractivity contribution in [1.29, 1.82) is 0 Å². The maximum Gasteiger partial charge on any atom is 0.306 e. The molecule has 0 radical (unpaired) electrons. The van der Waals surface area contributed by atoms with Crippen LogP contribution in [-0.4, -0.2) is 63.4 Å². The summed E-state index contributed by atoms with van der Waals surface area (Å²) in [4.78, 5) is 55.1. The highest BCUT2D eigenvalue weighted by Gasteiger charge is 2.76. The van der Waals surface area contributed by atoms with Gasteiger partial charge in [-0.1, -0.05) is 144 Å². The second kappa shape index (κ2) is 24.6. The minimum atomic E-state index is -0.674. The summed E-state index contributed by atoms with van der Waals surface area (Å²) in [6.45, 7) is 36.8. The van der Waals surface area contributed by atoms with Crippen molar-refractivity contribution in [3.05, 3.63) is 198 Å². The molecule has 3 aliphatic carbocycles. The van der Waals surface area contributed by atoms with Crippen molar-refractivity contribution in [2.45, 2.75) is 192 Å². The lowest BCUT2D eigenvalue weighted by Gasteiger charge is -2.41. The van der Waals surface area contributed by atoms with Crippen LogP contribution in [0.15, 0.2) is 213 Å². The van der Waals surface area contributed by atoms with Gasteiger partial charge < -0.3 is 24.6 Å². The van der Waals surface area contributed by atoms with Crippen LogP contribution in [0.5, 0.6) is 0 Å². The summed E-state index contributed by atoms with van der Waals surface area (Å²) in [6, 6.07) is 0. The average molecular weight is 1160 g/mol. The number of aliphatic hydroxyl groups excluding tert-OH is 1. The highest BCUT2D eigenvalue weighted by atomic mass is 16.6. The molecule has 2 unspecified atom stereocenters. The average Bonchev–Trinajstić information content (AvgIpc) is 1.74. The molecule has 0 aromatic carbocycles. The van der Waals surface area contributed by atoms with Gasteiger partial charge in [0.15, 0.2) is 5.78 Å². The first kappa shape index (κ1) is 62.8. The van der Waals surface area contributed by atoms with Gasteiger partial charge in [0.2, 0.25) is 0 Å². The molecule has 0 aromatic heterocycles. The van der Waals surface area contributed by atoms with Crippen molar-refractivity contribution >= 4 is 34.9 Å². The molecule has 1 saturated carbocycles. The molecule has 3 fully saturated rings. The topological polar surface area (TPSA) is 152 Å². The standard InChI is InChI=1S/C75H88N4O7/c1-18-55-48(8)60-36-62-50(10)57(70(78-62)58-35-66(81)69-51(11)63(79-71(58)69)38-65-56(19-2)49(9)61(77-65)37-64(55)76-60)31-33-68(83)85-54-40-73(15,16)75(74(17,41-54)86-75)42-67(82)46(6)29-23-28-44(4)25-21-20-24-43(3)26-22-27-45(5)30-32-59-47(7)34-53(84-52(12)80)39-72(59,13)14/h18,20-29,36-38,50,53-54,57,78,81H,1,19,31,33-35,39-42H2,2-17H3/b21-20+,26-22+,28-23+,43-24+,44-25+,45-27+,46-29+,62-36?,64-37?,65-38?,70-58?/t50?,53-,54+,57?,74-,75+/m1/s1. The Morgan fingerprint density at radius 1 is 0.814 bits per heavy atom. The van der Waals surface area contributed by atoms with Gasteiger partial charge in [0.05, 0.1) is 39.8 Å². The first-order chi connectivity index (χ1) is 40.6. The van der Waals surface area contributed by atoms with Crippen molar-refractivity contribution < 1.29 is 33.7 Å². The van der Waals surface area contributed by atoms with Gasteiger partial charge in [0.1, 0.15) is 23.6 Å². The fourth-order valence-corrected chi connectivity index (χ4v) is 14.3. The van der Waals surface area contributed by atoms with Crippen molar-refractivity contribution in [1.82, 2.24) is 5.32 Å².